The Balaban J connectivity index is 2.07. The van der Waals surface area contributed by atoms with E-state index in [4.69, 9.17) is 15.2 Å². The molecule has 0 aromatic rings. The molecule has 2 fully saturated rings. The third-order valence-electron chi connectivity index (χ3n) is 4.59. The fraction of sp³-hybridized carbons (Fsp3) is 1.00. The van der Waals surface area contributed by atoms with Gasteiger partial charge in [0.1, 0.15) is 0 Å². The van der Waals surface area contributed by atoms with Crippen LogP contribution in [-0.4, -0.2) is 54.5 Å². The number of hydrogen-bond donors (Lipinski definition) is 1. The minimum atomic E-state index is -0.232. The van der Waals surface area contributed by atoms with E-state index in [9.17, 15) is 0 Å². The lowest BCUT2D eigenvalue weighted by Crippen LogP contribution is -2.52. The topological polar surface area (TPSA) is 47.7 Å². The second kappa shape index (κ2) is 4.75. The summed E-state index contributed by atoms with van der Waals surface area (Å²) >= 11 is 0. The number of nitrogens with zero attached hydrogens (tertiary/aromatic N) is 1. The molecule has 0 spiro atoms. The van der Waals surface area contributed by atoms with Gasteiger partial charge in [0.25, 0.3) is 0 Å². The van der Waals surface area contributed by atoms with Gasteiger partial charge in [-0.05, 0) is 34.6 Å². The van der Waals surface area contributed by atoms with E-state index in [1.165, 1.54) is 0 Å². The molecule has 0 bridgehead atoms. The van der Waals surface area contributed by atoms with Crippen LogP contribution in [0.25, 0.3) is 0 Å². The van der Waals surface area contributed by atoms with Crippen molar-refractivity contribution in [1.29, 1.82) is 0 Å². The van der Waals surface area contributed by atoms with Crippen molar-refractivity contribution in [2.75, 3.05) is 26.3 Å². The molecule has 4 heteroatoms. The summed E-state index contributed by atoms with van der Waals surface area (Å²) in [7, 11) is 0. The lowest BCUT2D eigenvalue weighted by molar-refractivity contribution is -0.0827. The van der Waals surface area contributed by atoms with Crippen molar-refractivity contribution < 1.29 is 9.47 Å². The van der Waals surface area contributed by atoms with E-state index in [2.05, 4.69) is 39.5 Å². The van der Waals surface area contributed by atoms with Gasteiger partial charge in [0.2, 0.25) is 0 Å². The van der Waals surface area contributed by atoms with E-state index in [1.807, 2.05) is 0 Å². The lowest BCUT2D eigenvalue weighted by atomic mass is 9.82. The van der Waals surface area contributed by atoms with Gasteiger partial charge in [-0.3, -0.25) is 4.90 Å². The summed E-state index contributed by atoms with van der Waals surface area (Å²) in [5.74, 6) is 0.369. The summed E-state index contributed by atoms with van der Waals surface area (Å²) in [6.45, 7) is 14.4. The molecule has 0 aromatic heterocycles. The zero-order valence-corrected chi connectivity index (χ0v) is 12.4. The van der Waals surface area contributed by atoms with Crippen LogP contribution < -0.4 is 5.73 Å². The molecule has 0 radical (unpaired) electrons. The predicted molar refractivity (Wildman–Crippen MR) is 72.6 cm³/mol. The Kier molecular flexibility index (Phi) is 3.76. The summed E-state index contributed by atoms with van der Waals surface area (Å²) in [6, 6.07) is 0.563. The molecule has 2 heterocycles. The molecule has 2 aliphatic heterocycles. The molecule has 4 nitrogen and oxygen atoms in total. The van der Waals surface area contributed by atoms with Gasteiger partial charge in [0.05, 0.1) is 24.4 Å². The third kappa shape index (κ3) is 2.57. The molecule has 106 valence electrons. The largest absolute Gasteiger partial charge is 0.379 e. The highest BCUT2D eigenvalue weighted by Gasteiger charge is 2.52. The monoisotopic (exact) mass is 256 g/mol. The quantitative estimate of drug-likeness (QED) is 0.807. The highest BCUT2D eigenvalue weighted by molar-refractivity contribution is 5.05. The first-order valence-electron chi connectivity index (χ1n) is 7.01. The van der Waals surface area contributed by atoms with Crippen molar-refractivity contribution in [3.8, 4) is 0 Å². The summed E-state index contributed by atoms with van der Waals surface area (Å²) in [5, 5.41) is 0. The van der Waals surface area contributed by atoms with Crippen molar-refractivity contribution in [3.05, 3.63) is 0 Å². The van der Waals surface area contributed by atoms with Crippen LogP contribution >= 0.6 is 0 Å². The zero-order valence-electron chi connectivity index (χ0n) is 12.4. The van der Waals surface area contributed by atoms with E-state index in [0.29, 0.717) is 12.0 Å². The van der Waals surface area contributed by atoms with Crippen LogP contribution in [0.15, 0.2) is 0 Å². The summed E-state index contributed by atoms with van der Waals surface area (Å²) < 4.78 is 11.6. The molecule has 0 saturated carbocycles. The van der Waals surface area contributed by atoms with Gasteiger partial charge in [-0.1, -0.05) is 0 Å². The smallest absolute Gasteiger partial charge is 0.0788 e. The van der Waals surface area contributed by atoms with Gasteiger partial charge in [0.15, 0.2) is 0 Å². The zero-order chi connectivity index (χ0) is 13.6. The number of morpholine rings is 1. The Morgan fingerprint density at radius 2 is 1.89 bits per heavy atom. The van der Waals surface area contributed by atoms with Gasteiger partial charge in [0, 0.05) is 31.1 Å². The summed E-state index contributed by atoms with van der Waals surface area (Å²) in [5.41, 5.74) is 6.03. The first-order valence-corrected chi connectivity index (χ1v) is 7.01. The number of hydrogen-bond acceptors (Lipinski definition) is 4. The van der Waals surface area contributed by atoms with Crippen LogP contribution in [0, 0.1) is 5.92 Å². The highest BCUT2D eigenvalue weighted by Crippen LogP contribution is 2.41. The number of ether oxygens (including phenoxy) is 2. The van der Waals surface area contributed by atoms with Crippen molar-refractivity contribution in [2.24, 2.45) is 11.7 Å². The minimum absolute atomic E-state index is 0.0857. The standard InChI is InChI=1S/C14H28N2O2/c1-10-9-17-7-6-16(10)8-11-12(15)14(4,5)18-13(11,2)3/h10-12H,6-9,15H2,1-5H3. The second-order valence-corrected chi connectivity index (χ2v) is 6.86. The number of rotatable bonds is 2. The molecule has 0 amide bonds. The lowest BCUT2D eigenvalue weighted by Gasteiger charge is -2.38. The van der Waals surface area contributed by atoms with Crippen molar-refractivity contribution >= 4 is 0 Å². The van der Waals surface area contributed by atoms with E-state index in [0.717, 1.165) is 26.3 Å². The molecule has 18 heavy (non-hydrogen) atoms. The van der Waals surface area contributed by atoms with Crippen molar-refractivity contribution in [3.63, 3.8) is 0 Å². The van der Waals surface area contributed by atoms with Crippen molar-refractivity contribution in [1.82, 2.24) is 4.90 Å². The van der Waals surface area contributed by atoms with Crippen LogP contribution in [0.1, 0.15) is 34.6 Å². The highest BCUT2D eigenvalue weighted by atomic mass is 16.5. The van der Waals surface area contributed by atoms with Gasteiger partial charge < -0.3 is 15.2 Å². The van der Waals surface area contributed by atoms with Crippen LogP contribution in [0.2, 0.25) is 0 Å². The molecule has 2 saturated heterocycles. The predicted octanol–water partition coefficient (Wildman–Crippen LogP) is 1.24. The minimum Gasteiger partial charge on any atom is -0.379 e. The van der Waals surface area contributed by atoms with Crippen LogP contribution in [0.5, 0.6) is 0 Å². The van der Waals surface area contributed by atoms with Crippen LogP contribution in [-0.2, 0) is 9.47 Å². The molecular formula is C14H28N2O2. The van der Waals surface area contributed by atoms with Crippen molar-refractivity contribution in [2.45, 2.75) is 57.9 Å². The first-order chi connectivity index (χ1) is 8.24. The molecule has 2 aliphatic rings. The fourth-order valence-electron chi connectivity index (χ4n) is 3.36. The maximum absolute atomic E-state index is 6.41. The summed E-state index contributed by atoms with van der Waals surface area (Å²) in [4.78, 5) is 2.49. The van der Waals surface area contributed by atoms with Gasteiger partial charge >= 0.3 is 0 Å². The molecular weight excluding hydrogens is 228 g/mol. The first kappa shape index (κ1) is 14.3. The Labute approximate surface area is 111 Å². The SMILES string of the molecule is CC1COCCN1CC1C(N)C(C)(C)OC1(C)C. The Hall–Kier alpha value is -0.160. The van der Waals surface area contributed by atoms with Gasteiger partial charge in [-0.15, -0.1) is 0 Å². The maximum Gasteiger partial charge on any atom is 0.0788 e. The Morgan fingerprint density at radius 3 is 2.39 bits per heavy atom. The van der Waals surface area contributed by atoms with Gasteiger partial charge in [-0.25, -0.2) is 0 Å². The van der Waals surface area contributed by atoms with E-state index < -0.39 is 0 Å². The molecule has 0 aliphatic carbocycles. The third-order valence-corrected chi connectivity index (χ3v) is 4.59. The molecule has 3 atom stereocenters. The Bertz CT molecular complexity index is 304. The normalized spacial score (nSPS) is 40.0. The van der Waals surface area contributed by atoms with E-state index in [-0.39, 0.29) is 17.2 Å². The Morgan fingerprint density at radius 1 is 1.22 bits per heavy atom. The van der Waals surface area contributed by atoms with Gasteiger partial charge in [-0.2, -0.15) is 0 Å². The fourth-order valence-corrected chi connectivity index (χ4v) is 3.36. The maximum atomic E-state index is 6.41. The second-order valence-electron chi connectivity index (χ2n) is 6.86. The average Bonchev–Trinajstić information content (AvgIpc) is 2.39. The molecule has 0 aromatic carbocycles. The molecule has 3 unspecified atom stereocenters. The molecule has 2 rings (SSSR count). The van der Waals surface area contributed by atoms with Crippen LogP contribution in [0.4, 0.5) is 0 Å². The average molecular weight is 256 g/mol. The summed E-state index contributed by atoms with van der Waals surface area (Å²) in [6.07, 6.45) is 0. The van der Waals surface area contributed by atoms with E-state index >= 15 is 0 Å². The molecule has 2 N–H and O–H groups in total. The van der Waals surface area contributed by atoms with Crippen LogP contribution in [0.3, 0.4) is 0 Å². The van der Waals surface area contributed by atoms with E-state index in [1.54, 1.807) is 0 Å². The number of nitrogens with two attached hydrogens (primary N) is 1.